The van der Waals surface area contributed by atoms with Gasteiger partial charge in [-0.25, -0.2) is 0 Å². The van der Waals surface area contributed by atoms with E-state index in [1.54, 1.807) is 48.5 Å². The van der Waals surface area contributed by atoms with Gasteiger partial charge in [-0.1, -0.05) is 29.8 Å². The van der Waals surface area contributed by atoms with Crippen LogP contribution in [0.3, 0.4) is 0 Å². The van der Waals surface area contributed by atoms with Crippen LogP contribution in [0.15, 0.2) is 72.1 Å². The maximum atomic E-state index is 12.0. The molecule has 0 radical (unpaired) electrons. The van der Waals surface area contributed by atoms with Gasteiger partial charge in [0.2, 0.25) is 5.91 Å². The summed E-state index contributed by atoms with van der Waals surface area (Å²) in [7, 11) is 0. The number of carbonyl (C=O) groups excluding carboxylic acids is 2. The highest BCUT2D eigenvalue weighted by Crippen LogP contribution is 2.16. The zero-order valence-electron chi connectivity index (χ0n) is 13.6. The van der Waals surface area contributed by atoms with Crippen molar-refractivity contribution in [3.63, 3.8) is 0 Å². The van der Waals surface area contributed by atoms with E-state index in [4.69, 9.17) is 11.6 Å². The quantitative estimate of drug-likeness (QED) is 0.588. The summed E-state index contributed by atoms with van der Waals surface area (Å²) in [4.78, 5) is 24.6. The lowest BCUT2D eigenvalue weighted by atomic mass is 10.2. The molecule has 0 saturated heterocycles. The van der Waals surface area contributed by atoms with Gasteiger partial charge in [0.1, 0.15) is 0 Å². The van der Waals surface area contributed by atoms with Crippen LogP contribution in [0.25, 0.3) is 6.08 Å². The minimum atomic E-state index is -0.240. The summed E-state index contributed by atoms with van der Waals surface area (Å²) >= 11 is 7.21. The van der Waals surface area contributed by atoms with Gasteiger partial charge in [-0.2, -0.15) is 0 Å². The predicted molar refractivity (Wildman–Crippen MR) is 108 cm³/mol. The molecule has 0 aliphatic rings. The Balaban J connectivity index is 1.55. The molecule has 2 N–H and O–H groups in total. The molecule has 3 rings (SSSR count). The lowest BCUT2D eigenvalue weighted by Gasteiger charge is -2.06. The smallest absolute Gasteiger partial charge is 0.265 e. The zero-order valence-corrected chi connectivity index (χ0v) is 15.2. The summed E-state index contributed by atoms with van der Waals surface area (Å²) < 4.78 is 0. The molecule has 26 heavy (non-hydrogen) atoms. The second-order valence-electron chi connectivity index (χ2n) is 5.38. The van der Waals surface area contributed by atoms with Crippen LogP contribution >= 0.6 is 22.9 Å². The summed E-state index contributed by atoms with van der Waals surface area (Å²) in [5.41, 5.74) is 2.19. The number of halogens is 1. The first-order valence-electron chi connectivity index (χ1n) is 7.80. The third-order valence-electron chi connectivity index (χ3n) is 3.45. The molecule has 0 unspecified atom stereocenters. The Kier molecular flexibility index (Phi) is 5.84. The Morgan fingerprint density at radius 1 is 0.885 bits per heavy atom. The van der Waals surface area contributed by atoms with E-state index >= 15 is 0 Å². The number of amides is 2. The molecule has 130 valence electrons. The minimum absolute atomic E-state index is 0.150. The van der Waals surface area contributed by atoms with Gasteiger partial charge in [0.15, 0.2) is 0 Å². The van der Waals surface area contributed by atoms with Crippen LogP contribution in [0.1, 0.15) is 15.2 Å². The van der Waals surface area contributed by atoms with Gasteiger partial charge in [0.25, 0.3) is 5.91 Å². The van der Waals surface area contributed by atoms with Gasteiger partial charge in [0, 0.05) is 22.5 Å². The van der Waals surface area contributed by atoms with Crippen LogP contribution in [0, 0.1) is 0 Å². The topological polar surface area (TPSA) is 58.2 Å². The molecule has 3 aromatic rings. The van der Waals surface area contributed by atoms with Gasteiger partial charge in [-0.3, -0.25) is 9.59 Å². The summed E-state index contributed by atoms with van der Waals surface area (Å²) in [6.07, 6.45) is 3.16. The van der Waals surface area contributed by atoms with Gasteiger partial charge < -0.3 is 10.6 Å². The molecule has 4 nitrogen and oxygen atoms in total. The fourth-order valence-electron chi connectivity index (χ4n) is 2.17. The number of hydrogen-bond acceptors (Lipinski definition) is 3. The van der Waals surface area contributed by atoms with E-state index in [2.05, 4.69) is 10.6 Å². The number of thiophene rings is 1. The molecule has 0 aliphatic heterocycles. The van der Waals surface area contributed by atoms with Crippen LogP contribution in [0.5, 0.6) is 0 Å². The Hall–Kier alpha value is -2.89. The van der Waals surface area contributed by atoms with Crippen molar-refractivity contribution >= 4 is 52.2 Å². The summed E-state index contributed by atoms with van der Waals surface area (Å²) in [6.45, 7) is 0. The van der Waals surface area contributed by atoms with Crippen molar-refractivity contribution in [1.82, 2.24) is 0 Å². The molecular formula is C20H15ClN2O2S. The summed E-state index contributed by atoms with van der Waals surface area (Å²) in [6, 6.07) is 17.7. The van der Waals surface area contributed by atoms with Gasteiger partial charge >= 0.3 is 0 Å². The monoisotopic (exact) mass is 382 g/mol. The standard InChI is InChI=1S/C20H15ClN2O2S/c21-15-6-3-14(4-7-15)5-12-19(24)22-16-8-10-17(11-9-16)23-20(25)18-2-1-13-26-18/h1-13H,(H,22,24)(H,23,25)/b12-5+. The molecule has 0 aliphatic carbocycles. The third-order valence-corrected chi connectivity index (χ3v) is 4.57. The second kappa shape index (κ2) is 8.47. The number of anilines is 2. The Bertz CT molecular complexity index is 917. The molecule has 1 aromatic heterocycles. The predicted octanol–water partition coefficient (Wildman–Crippen LogP) is 5.31. The van der Waals surface area contributed by atoms with Crippen LogP contribution in [0.2, 0.25) is 5.02 Å². The van der Waals surface area contributed by atoms with Crippen molar-refractivity contribution in [3.8, 4) is 0 Å². The molecular weight excluding hydrogens is 368 g/mol. The van der Waals surface area contributed by atoms with E-state index in [0.717, 1.165) is 5.56 Å². The average molecular weight is 383 g/mol. The molecule has 0 saturated carbocycles. The number of rotatable bonds is 5. The highest BCUT2D eigenvalue weighted by atomic mass is 35.5. The van der Waals surface area contributed by atoms with Crippen LogP contribution in [0.4, 0.5) is 11.4 Å². The largest absolute Gasteiger partial charge is 0.323 e. The molecule has 0 atom stereocenters. The molecule has 0 spiro atoms. The van der Waals surface area contributed by atoms with Gasteiger partial charge in [-0.15, -0.1) is 11.3 Å². The van der Waals surface area contributed by atoms with E-state index in [1.165, 1.54) is 17.4 Å². The van der Waals surface area contributed by atoms with E-state index in [0.29, 0.717) is 21.3 Å². The van der Waals surface area contributed by atoms with Crippen LogP contribution in [-0.4, -0.2) is 11.8 Å². The fourth-order valence-corrected chi connectivity index (χ4v) is 2.91. The summed E-state index contributed by atoms with van der Waals surface area (Å²) in [5, 5.41) is 8.08. The third kappa shape index (κ3) is 5.05. The number of benzene rings is 2. The molecule has 0 fully saturated rings. The van der Waals surface area contributed by atoms with Crippen LogP contribution < -0.4 is 10.6 Å². The van der Waals surface area contributed by atoms with E-state index in [1.807, 2.05) is 23.6 Å². The van der Waals surface area contributed by atoms with Crippen molar-refractivity contribution in [2.24, 2.45) is 0 Å². The highest BCUT2D eigenvalue weighted by Gasteiger charge is 2.06. The SMILES string of the molecule is O=C(/C=C/c1ccc(Cl)cc1)Nc1ccc(NC(=O)c2cccs2)cc1. The Morgan fingerprint density at radius 2 is 1.54 bits per heavy atom. The van der Waals surface area contributed by atoms with Crippen molar-refractivity contribution in [2.75, 3.05) is 10.6 Å². The molecule has 2 amide bonds. The summed E-state index contributed by atoms with van der Waals surface area (Å²) in [5.74, 6) is -0.391. The van der Waals surface area contributed by atoms with E-state index in [9.17, 15) is 9.59 Å². The van der Waals surface area contributed by atoms with Crippen LogP contribution in [-0.2, 0) is 4.79 Å². The normalized spacial score (nSPS) is 10.7. The van der Waals surface area contributed by atoms with E-state index < -0.39 is 0 Å². The Labute approximate surface area is 160 Å². The van der Waals surface area contributed by atoms with Gasteiger partial charge in [-0.05, 0) is 59.5 Å². The first kappa shape index (κ1) is 17.9. The minimum Gasteiger partial charge on any atom is -0.323 e. The fraction of sp³-hybridized carbons (Fsp3) is 0. The van der Waals surface area contributed by atoms with Crippen molar-refractivity contribution < 1.29 is 9.59 Å². The molecule has 0 bridgehead atoms. The number of hydrogen-bond donors (Lipinski definition) is 2. The number of carbonyl (C=O) groups is 2. The lowest BCUT2D eigenvalue weighted by molar-refractivity contribution is -0.111. The van der Waals surface area contributed by atoms with E-state index in [-0.39, 0.29) is 11.8 Å². The van der Waals surface area contributed by atoms with Crippen molar-refractivity contribution in [2.45, 2.75) is 0 Å². The Morgan fingerprint density at radius 3 is 2.15 bits per heavy atom. The highest BCUT2D eigenvalue weighted by molar-refractivity contribution is 7.12. The first-order chi connectivity index (χ1) is 12.6. The van der Waals surface area contributed by atoms with Gasteiger partial charge in [0.05, 0.1) is 4.88 Å². The van der Waals surface area contributed by atoms with Crippen molar-refractivity contribution in [1.29, 1.82) is 0 Å². The molecule has 2 aromatic carbocycles. The number of nitrogens with one attached hydrogen (secondary N) is 2. The average Bonchev–Trinajstić information content (AvgIpc) is 3.18. The molecule has 6 heteroatoms. The lowest BCUT2D eigenvalue weighted by Crippen LogP contribution is -2.10. The molecule has 1 heterocycles. The zero-order chi connectivity index (χ0) is 18.4. The van der Waals surface area contributed by atoms with Crippen molar-refractivity contribution in [3.05, 3.63) is 87.6 Å². The first-order valence-corrected chi connectivity index (χ1v) is 9.05. The second-order valence-corrected chi connectivity index (χ2v) is 6.77. The maximum Gasteiger partial charge on any atom is 0.265 e. The maximum absolute atomic E-state index is 12.0.